The van der Waals surface area contributed by atoms with Crippen LogP contribution in [0.5, 0.6) is 0 Å². The number of rotatable bonds is 5. The van der Waals surface area contributed by atoms with Gasteiger partial charge in [-0.2, -0.15) is 0 Å². The first-order valence-corrected chi connectivity index (χ1v) is 9.74. The van der Waals surface area contributed by atoms with Gasteiger partial charge in [-0.1, -0.05) is 23.7 Å². The molecule has 1 aromatic carbocycles. The number of hydrogen-bond acceptors (Lipinski definition) is 7. The van der Waals surface area contributed by atoms with Crippen LogP contribution >= 0.6 is 11.6 Å². The number of nitrogens with zero attached hydrogens (tertiary/aromatic N) is 3. The second-order valence-electron chi connectivity index (χ2n) is 7.24. The number of ether oxygens (including phenoxy) is 1. The average molecular weight is 413 g/mol. The Bertz CT molecular complexity index is 1040. The van der Waals surface area contributed by atoms with Crippen LogP contribution in [0, 0.1) is 13.8 Å². The summed E-state index contributed by atoms with van der Waals surface area (Å²) < 4.78 is 10.2. The predicted molar refractivity (Wildman–Crippen MR) is 109 cm³/mol. The molecule has 0 amide bonds. The molecule has 8 heteroatoms. The third-order valence-electron chi connectivity index (χ3n) is 5.48. The van der Waals surface area contributed by atoms with Crippen LogP contribution in [0.25, 0.3) is 11.3 Å². The highest BCUT2D eigenvalue weighted by molar-refractivity contribution is 6.28. The van der Waals surface area contributed by atoms with Crippen molar-refractivity contribution in [2.75, 3.05) is 12.4 Å². The van der Waals surface area contributed by atoms with Crippen molar-refractivity contribution in [3.63, 3.8) is 0 Å². The van der Waals surface area contributed by atoms with E-state index in [9.17, 15) is 4.79 Å². The van der Waals surface area contributed by atoms with Crippen LogP contribution in [-0.2, 0) is 14.9 Å². The Labute approximate surface area is 173 Å². The SMILES string of the molecule is COC(=O)C1(c2ccc(Nc3cc(-c4c(C)noc4C)nc(Cl)n3)cc2)CCC1. The summed E-state index contributed by atoms with van der Waals surface area (Å²) in [5.74, 6) is 1.05. The highest BCUT2D eigenvalue weighted by atomic mass is 35.5. The summed E-state index contributed by atoms with van der Waals surface area (Å²) in [6.07, 6.45) is 2.66. The first-order valence-electron chi connectivity index (χ1n) is 9.37. The van der Waals surface area contributed by atoms with Gasteiger partial charge in [-0.05, 0) is 56.0 Å². The summed E-state index contributed by atoms with van der Waals surface area (Å²) in [5, 5.41) is 7.33. The summed E-state index contributed by atoms with van der Waals surface area (Å²) in [4.78, 5) is 20.8. The lowest BCUT2D eigenvalue weighted by Gasteiger charge is -2.39. The van der Waals surface area contributed by atoms with E-state index in [1.54, 1.807) is 6.07 Å². The van der Waals surface area contributed by atoms with Gasteiger partial charge in [-0.3, -0.25) is 4.79 Å². The van der Waals surface area contributed by atoms with Crippen molar-refractivity contribution in [1.29, 1.82) is 0 Å². The molecule has 3 aromatic rings. The van der Waals surface area contributed by atoms with E-state index in [1.807, 2.05) is 38.1 Å². The summed E-state index contributed by atoms with van der Waals surface area (Å²) in [6, 6.07) is 9.55. The molecule has 1 saturated carbocycles. The van der Waals surface area contributed by atoms with Crippen LogP contribution in [0.3, 0.4) is 0 Å². The average Bonchev–Trinajstić information content (AvgIpc) is 3.00. The molecule has 0 radical (unpaired) electrons. The first kappa shape index (κ1) is 19.4. The van der Waals surface area contributed by atoms with Crippen LogP contribution in [0.2, 0.25) is 5.28 Å². The van der Waals surface area contributed by atoms with Gasteiger partial charge in [0.15, 0.2) is 0 Å². The number of aromatic nitrogens is 3. The number of hydrogen-bond donors (Lipinski definition) is 1. The van der Waals surface area contributed by atoms with E-state index >= 15 is 0 Å². The van der Waals surface area contributed by atoms with Crippen molar-refractivity contribution < 1.29 is 14.1 Å². The van der Waals surface area contributed by atoms with Gasteiger partial charge in [-0.25, -0.2) is 9.97 Å². The lowest BCUT2D eigenvalue weighted by Crippen LogP contribution is -2.43. The number of carbonyl (C=O) groups is 1. The smallest absolute Gasteiger partial charge is 0.316 e. The number of methoxy groups -OCH3 is 1. The number of halogens is 1. The van der Waals surface area contributed by atoms with Gasteiger partial charge in [0, 0.05) is 11.8 Å². The van der Waals surface area contributed by atoms with E-state index in [0.717, 1.165) is 41.8 Å². The van der Waals surface area contributed by atoms with Gasteiger partial charge in [0.1, 0.15) is 11.6 Å². The molecule has 0 bridgehead atoms. The molecule has 1 aliphatic rings. The number of benzene rings is 1. The van der Waals surface area contributed by atoms with Crippen LogP contribution < -0.4 is 5.32 Å². The van der Waals surface area contributed by atoms with E-state index < -0.39 is 5.41 Å². The van der Waals surface area contributed by atoms with Crippen molar-refractivity contribution in [2.24, 2.45) is 0 Å². The van der Waals surface area contributed by atoms with Crippen molar-refractivity contribution in [3.05, 3.63) is 52.6 Å². The van der Waals surface area contributed by atoms with Crippen molar-refractivity contribution in [3.8, 4) is 11.3 Å². The topological polar surface area (TPSA) is 90.1 Å². The standard InChI is InChI=1S/C21H21ClN4O3/c1-12-18(13(2)29-26-12)16-11-17(25-20(22)24-16)23-15-7-5-14(6-8-15)21(9-4-10-21)19(27)28-3/h5-8,11H,4,9-10H2,1-3H3,(H,23,24,25). The third-order valence-corrected chi connectivity index (χ3v) is 5.65. The fourth-order valence-corrected chi connectivity index (χ4v) is 4.00. The van der Waals surface area contributed by atoms with E-state index in [0.29, 0.717) is 17.3 Å². The molecule has 1 N–H and O–H groups in total. The van der Waals surface area contributed by atoms with Crippen LogP contribution in [0.15, 0.2) is 34.9 Å². The molecule has 7 nitrogen and oxygen atoms in total. The van der Waals surface area contributed by atoms with Crippen LogP contribution in [0.1, 0.15) is 36.3 Å². The largest absolute Gasteiger partial charge is 0.468 e. The second-order valence-corrected chi connectivity index (χ2v) is 7.57. The Morgan fingerprint density at radius 1 is 1.21 bits per heavy atom. The van der Waals surface area contributed by atoms with E-state index in [-0.39, 0.29) is 11.3 Å². The molecule has 0 atom stereocenters. The zero-order valence-corrected chi connectivity index (χ0v) is 17.2. The van der Waals surface area contributed by atoms with Crippen LogP contribution in [-0.4, -0.2) is 28.2 Å². The predicted octanol–water partition coefficient (Wildman–Crippen LogP) is 4.74. The quantitative estimate of drug-likeness (QED) is 0.478. The second kappa shape index (κ2) is 7.48. The molecular weight excluding hydrogens is 392 g/mol. The van der Waals surface area contributed by atoms with Crippen molar-refractivity contribution in [1.82, 2.24) is 15.1 Å². The number of aryl methyl sites for hydroxylation is 2. The molecule has 2 aromatic heterocycles. The Balaban J connectivity index is 1.60. The lowest BCUT2D eigenvalue weighted by molar-refractivity contribution is -0.151. The van der Waals surface area contributed by atoms with Crippen molar-refractivity contribution >= 4 is 29.1 Å². The molecule has 4 rings (SSSR count). The molecule has 0 unspecified atom stereocenters. The molecule has 0 aliphatic heterocycles. The Morgan fingerprint density at radius 2 is 1.93 bits per heavy atom. The Morgan fingerprint density at radius 3 is 2.48 bits per heavy atom. The molecule has 0 spiro atoms. The first-order chi connectivity index (χ1) is 13.9. The lowest BCUT2D eigenvalue weighted by atomic mass is 9.64. The molecule has 2 heterocycles. The number of nitrogens with one attached hydrogen (secondary N) is 1. The Hall–Kier alpha value is -2.93. The zero-order valence-electron chi connectivity index (χ0n) is 16.5. The number of esters is 1. The monoisotopic (exact) mass is 412 g/mol. The molecule has 1 fully saturated rings. The molecule has 29 heavy (non-hydrogen) atoms. The molecular formula is C21H21ClN4O3. The minimum atomic E-state index is -0.512. The minimum Gasteiger partial charge on any atom is -0.468 e. The molecule has 150 valence electrons. The highest BCUT2D eigenvalue weighted by Gasteiger charge is 2.46. The number of anilines is 2. The van der Waals surface area contributed by atoms with Gasteiger partial charge >= 0.3 is 5.97 Å². The number of carbonyl (C=O) groups excluding carboxylic acids is 1. The van der Waals surface area contributed by atoms with E-state index in [2.05, 4.69) is 20.4 Å². The van der Waals surface area contributed by atoms with Crippen LogP contribution in [0.4, 0.5) is 11.5 Å². The van der Waals surface area contributed by atoms with Gasteiger partial charge in [0.05, 0.1) is 29.5 Å². The summed E-state index contributed by atoms with van der Waals surface area (Å²) in [5.41, 5.74) is 3.46. The summed E-state index contributed by atoms with van der Waals surface area (Å²) in [6.45, 7) is 3.68. The summed E-state index contributed by atoms with van der Waals surface area (Å²) in [7, 11) is 1.44. The highest BCUT2D eigenvalue weighted by Crippen LogP contribution is 2.45. The van der Waals surface area contributed by atoms with Gasteiger partial charge in [0.25, 0.3) is 0 Å². The maximum atomic E-state index is 12.3. The zero-order chi connectivity index (χ0) is 20.6. The van der Waals surface area contributed by atoms with Crippen molar-refractivity contribution in [2.45, 2.75) is 38.5 Å². The van der Waals surface area contributed by atoms with Gasteiger partial charge in [0.2, 0.25) is 5.28 Å². The Kier molecular flexibility index (Phi) is 5.00. The normalized spacial score (nSPS) is 14.9. The molecule has 0 saturated heterocycles. The molecule has 1 aliphatic carbocycles. The third kappa shape index (κ3) is 3.46. The van der Waals surface area contributed by atoms with Gasteiger partial charge < -0.3 is 14.6 Å². The fourth-order valence-electron chi connectivity index (χ4n) is 3.82. The van der Waals surface area contributed by atoms with Gasteiger partial charge in [-0.15, -0.1) is 0 Å². The van der Waals surface area contributed by atoms with E-state index in [1.165, 1.54) is 7.11 Å². The minimum absolute atomic E-state index is 0.126. The maximum Gasteiger partial charge on any atom is 0.316 e. The fraction of sp³-hybridized carbons (Fsp3) is 0.333. The maximum absolute atomic E-state index is 12.3. The van der Waals surface area contributed by atoms with E-state index in [4.69, 9.17) is 20.9 Å². The summed E-state index contributed by atoms with van der Waals surface area (Å²) >= 11 is 6.14.